The Bertz CT molecular complexity index is 1020. The third-order valence-corrected chi connectivity index (χ3v) is 5.42. The van der Waals surface area contributed by atoms with Gasteiger partial charge in [0, 0.05) is 49.4 Å². The van der Waals surface area contributed by atoms with E-state index in [4.69, 9.17) is 4.42 Å². The second-order valence-electron chi connectivity index (χ2n) is 7.71. The Morgan fingerprint density at radius 3 is 2.63 bits per heavy atom. The maximum Gasteiger partial charge on any atom is 0.336 e. The van der Waals surface area contributed by atoms with E-state index in [9.17, 15) is 4.79 Å². The summed E-state index contributed by atoms with van der Waals surface area (Å²) in [6, 6.07) is 16.9. The van der Waals surface area contributed by atoms with Gasteiger partial charge in [-0.25, -0.2) is 4.79 Å². The van der Waals surface area contributed by atoms with Crippen LogP contribution in [0.5, 0.6) is 0 Å². The van der Waals surface area contributed by atoms with Gasteiger partial charge in [-0.05, 0) is 55.7 Å². The van der Waals surface area contributed by atoms with Crippen molar-refractivity contribution in [1.82, 2.24) is 4.90 Å². The van der Waals surface area contributed by atoms with E-state index in [1.54, 1.807) is 6.07 Å². The van der Waals surface area contributed by atoms with Crippen LogP contribution in [0, 0.1) is 13.8 Å². The SMILES string of the molecule is Cc1cccc(N2CCN(Cc3cc(=O)oc4cc(C)ccc34)CC2C)c1. The molecular weight excluding hydrogens is 336 g/mol. The molecule has 0 saturated carbocycles. The average molecular weight is 362 g/mol. The zero-order valence-electron chi connectivity index (χ0n) is 16.2. The topological polar surface area (TPSA) is 36.7 Å². The fraction of sp³-hybridized carbons (Fsp3) is 0.348. The van der Waals surface area contributed by atoms with E-state index < -0.39 is 0 Å². The molecule has 1 fully saturated rings. The van der Waals surface area contributed by atoms with Gasteiger partial charge in [0.25, 0.3) is 0 Å². The van der Waals surface area contributed by atoms with E-state index >= 15 is 0 Å². The third-order valence-electron chi connectivity index (χ3n) is 5.42. The molecule has 0 spiro atoms. The molecule has 2 aromatic carbocycles. The number of fused-ring (bicyclic) bond motifs is 1. The molecule has 4 rings (SSSR count). The summed E-state index contributed by atoms with van der Waals surface area (Å²) in [5, 5.41) is 1.04. The van der Waals surface area contributed by atoms with Crippen molar-refractivity contribution in [1.29, 1.82) is 0 Å². The Hall–Kier alpha value is -2.59. The highest BCUT2D eigenvalue weighted by Gasteiger charge is 2.24. The Labute approximate surface area is 160 Å². The van der Waals surface area contributed by atoms with Crippen LogP contribution in [0.4, 0.5) is 5.69 Å². The lowest BCUT2D eigenvalue weighted by molar-refractivity contribution is 0.221. The van der Waals surface area contributed by atoms with E-state index in [0.717, 1.165) is 42.7 Å². The molecular formula is C23H26N2O2. The van der Waals surface area contributed by atoms with Gasteiger partial charge in [0.15, 0.2) is 0 Å². The van der Waals surface area contributed by atoms with E-state index in [2.05, 4.69) is 60.0 Å². The van der Waals surface area contributed by atoms with Gasteiger partial charge in [0.1, 0.15) is 5.58 Å². The largest absolute Gasteiger partial charge is 0.423 e. The van der Waals surface area contributed by atoms with Gasteiger partial charge in [-0.15, -0.1) is 0 Å². The zero-order chi connectivity index (χ0) is 19.0. The molecule has 0 radical (unpaired) electrons. The van der Waals surface area contributed by atoms with Crippen molar-refractivity contribution in [3.8, 4) is 0 Å². The molecule has 1 aliphatic rings. The minimum Gasteiger partial charge on any atom is -0.423 e. The van der Waals surface area contributed by atoms with Gasteiger partial charge in [-0.2, -0.15) is 0 Å². The molecule has 4 heteroatoms. The molecule has 0 amide bonds. The first-order chi connectivity index (χ1) is 13.0. The fourth-order valence-electron chi connectivity index (χ4n) is 4.08. The highest BCUT2D eigenvalue weighted by Crippen LogP contribution is 2.24. The first kappa shape index (κ1) is 17.8. The molecule has 1 saturated heterocycles. The minimum absolute atomic E-state index is 0.269. The molecule has 27 heavy (non-hydrogen) atoms. The Kier molecular flexibility index (Phi) is 4.75. The van der Waals surface area contributed by atoms with Gasteiger partial charge in [0.2, 0.25) is 0 Å². The summed E-state index contributed by atoms with van der Waals surface area (Å²) in [5.74, 6) is 0. The minimum atomic E-state index is -0.269. The number of benzene rings is 2. The number of anilines is 1. The number of nitrogens with zero attached hydrogens (tertiary/aromatic N) is 2. The van der Waals surface area contributed by atoms with Crippen LogP contribution in [-0.4, -0.2) is 30.6 Å². The second kappa shape index (κ2) is 7.20. The van der Waals surface area contributed by atoms with Crippen molar-refractivity contribution >= 4 is 16.7 Å². The quantitative estimate of drug-likeness (QED) is 0.657. The Morgan fingerprint density at radius 2 is 1.85 bits per heavy atom. The summed E-state index contributed by atoms with van der Waals surface area (Å²) in [6.45, 7) is 10.1. The lowest BCUT2D eigenvalue weighted by Crippen LogP contribution is -2.51. The van der Waals surface area contributed by atoms with Crippen molar-refractivity contribution < 1.29 is 4.42 Å². The average Bonchev–Trinajstić information content (AvgIpc) is 2.61. The summed E-state index contributed by atoms with van der Waals surface area (Å²) >= 11 is 0. The maximum absolute atomic E-state index is 12.0. The van der Waals surface area contributed by atoms with Crippen LogP contribution in [0.15, 0.2) is 57.7 Å². The summed E-state index contributed by atoms with van der Waals surface area (Å²) < 4.78 is 5.40. The molecule has 140 valence electrons. The van der Waals surface area contributed by atoms with Gasteiger partial charge in [-0.1, -0.05) is 24.3 Å². The normalized spacial score (nSPS) is 18.2. The zero-order valence-corrected chi connectivity index (χ0v) is 16.2. The standard InChI is InChI=1S/C23H26N2O2/c1-16-5-4-6-20(11-16)25-10-9-24(14-18(25)3)15-19-13-23(26)27-22-12-17(2)7-8-21(19)22/h4-8,11-13,18H,9-10,14-15H2,1-3H3. The Balaban J connectivity index is 1.54. The van der Waals surface area contributed by atoms with Gasteiger partial charge >= 0.3 is 5.63 Å². The molecule has 1 atom stereocenters. The number of rotatable bonds is 3. The van der Waals surface area contributed by atoms with E-state index in [1.165, 1.54) is 11.3 Å². The predicted octanol–water partition coefficient (Wildman–Crippen LogP) is 4.12. The van der Waals surface area contributed by atoms with Crippen LogP contribution < -0.4 is 10.5 Å². The smallest absolute Gasteiger partial charge is 0.336 e. The molecule has 2 heterocycles. The highest BCUT2D eigenvalue weighted by molar-refractivity contribution is 5.80. The molecule has 1 aliphatic heterocycles. The summed E-state index contributed by atoms with van der Waals surface area (Å²) in [7, 11) is 0. The van der Waals surface area contributed by atoms with Crippen LogP contribution >= 0.6 is 0 Å². The second-order valence-corrected chi connectivity index (χ2v) is 7.71. The monoisotopic (exact) mass is 362 g/mol. The lowest BCUT2D eigenvalue weighted by Gasteiger charge is -2.41. The summed E-state index contributed by atoms with van der Waals surface area (Å²) in [6.07, 6.45) is 0. The van der Waals surface area contributed by atoms with Crippen LogP contribution in [0.1, 0.15) is 23.6 Å². The summed E-state index contributed by atoms with van der Waals surface area (Å²) in [4.78, 5) is 16.9. The summed E-state index contributed by atoms with van der Waals surface area (Å²) in [5.41, 5.74) is 5.16. The maximum atomic E-state index is 12.0. The van der Waals surface area contributed by atoms with Crippen LogP contribution in [0.3, 0.4) is 0 Å². The van der Waals surface area contributed by atoms with Crippen molar-refractivity contribution in [2.45, 2.75) is 33.4 Å². The lowest BCUT2D eigenvalue weighted by atomic mass is 10.1. The van der Waals surface area contributed by atoms with Gasteiger partial charge in [0.05, 0.1) is 0 Å². The number of hydrogen-bond acceptors (Lipinski definition) is 4. The Morgan fingerprint density at radius 1 is 1.04 bits per heavy atom. The third kappa shape index (κ3) is 3.76. The molecule has 1 aromatic heterocycles. The first-order valence-electron chi connectivity index (χ1n) is 9.58. The molecule has 0 N–H and O–H groups in total. The van der Waals surface area contributed by atoms with Crippen LogP contribution in [0.25, 0.3) is 11.0 Å². The van der Waals surface area contributed by atoms with E-state index in [-0.39, 0.29) is 5.63 Å². The highest BCUT2D eigenvalue weighted by atomic mass is 16.4. The van der Waals surface area contributed by atoms with Crippen molar-refractivity contribution in [3.63, 3.8) is 0 Å². The first-order valence-corrected chi connectivity index (χ1v) is 9.58. The molecule has 0 bridgehead atoms. The van der Waals surface area contributed by atoms with Gasteiger partial charge in [-0.3, -0.25) is 4.90 Å². The molecule has 4 nitrogen and oxygen atoms in total. The van der Waals surface area contributed by atoms with Crippen LogP contribution in [-0.2, 0) is 6.54 Å². The van der Waals surface area contributed by atoms with Crippen molar-refractivity contribution in [2.75, 3.05) is 24.5 Å². The molecule has 0 aliphatic carbocycles. The van der Waals surface area contributed by atoms with E-state index in [0.29, 0.717) is 11.6 Å². The molecule has 3 aromatic rings. The van der Waals surface area contributed by atoms with Gasteiger partial charge < -0.3 is 9.32 Å². The van der Waals surface area contributed by atoms with E-state index in [1.807, 2.05) is 13.0 Å². The fourth-order valence-corrected chi connectivity index (χ4v) is 4.08. The van der Waals surface area contributed by atoms with Crippen molar-refractivity contribution in [2.24, 2.45) is 0 Å². The van der Waals surface area contributed by atoms with Crippen molar-refractivity contribution in [3.05, 3.63) is 75.6 Å². The predicted molar refractivity (Wildman–Crippen MR) is 110 cm³/mol. The number of piperazine rings is 1. The molecule has 1 unspecified atom stereocenters. The number of hydrogen-bond donors (Lipinski definition) is 0. The van der Waals surface area contributed by atoms with Crippen LogP contribution in [0.2, 0.25) is 0 Å². The number of aryl methyl sites for hydroxylation is 2.